The Bertz CT molecular complexity index is 540. The molecule has 0 saturated carbocycles. The zero-order valence-electron chi connectivity index (χ0n) is 8.15. The molecule has 0 amide bonds. The second kappa shape index (κ2) is 4.18. The predicted octanol–water partition coefficient (Wildman–Crippen LogP) is 2.84. The summed E-state index contributed by atoms with van der Waals surface area (Å²) >= 11 is 0. The van der Waals surface area contributed by atoms with Gasteiger partial charge < -0.3 is 0 Å². The molecular formula is C12H7F2NO. The Hall–Kier alpha value is -2.10. The fourth-order valence-corrected chi connectivity index (χ4v) is 1.47. The van der Waals surface area contributed by atoms with Crippen LogP contribution in [0.4, 0.5) is 8.78 Å². The molecule has 2 nitrogen and oxygen atoms in total. The maximum Gasteiger partial charge on any atom is 0.153 e. The zero-order valence-corrected chi connectivity index (χ0v) is 8.15. The minimum atomic E-state index is -0.628. The van der Waals surface area contributed by atoms with Crippen molar-refractivity contribution in [2.45, 2.75) is 0 Å². The van der Waals surface area contributed by atoms with Crippen LogP contribution in [0.15, 0.2) is 36.7 Å². The summed E-state index contributed by atoms with van der Waals surface area (Å²) in [5.74, 6) is -1.16. The van der Waals surface area contributed by atoms with Crippen LogP contribution >= 0.6 is 0 Å². The lowest BCUT2D eigenvalue weighted by Gasteiger charge is -2.05. The van der Waals surface area contributed by atoms with E-state index in [4.69, 9.17) is 0 Å². The van der Waals surface area contributed by atoms with Gasteiger partial charge >= 0.3 is 0 Å². The van der Waals surface area contributed by atoms with Crippen LogP contribution in [0.2, 0.25) is 0 Å². The third-order valence-corrected chi connectivity index (χ3v) is 2.19. The van der Waals surface area contributed by atoms with Crippen molar-refractivity contribution >= 4 is 6.29 Å². The Labute approximate surface area is 90.6 Å². The maximum absolute atomic E-state index is 13.3. The quantitative estimate of drug-likeness (QED) is 0.727. The van der Waals surface area contributed by atoms with Crippen LogP contribution in [0.5, 0.6) is 0 Å². The molecule has 80 valence electrons. The summed E-state index contributed by atoms with van der Waals surface area (Å²) in [6.07, 6.45) is 2.84. The van der Waals surface area contributed by atoms with Crippen molar-refractivity contribution < 1.29 is 13.6 Å². The molecule has 0 fully saturated rings. The maximum atomic E-state index is 13.3. The molecule has 0 spiro atoms. The Kier molecular flexibility index (Phi) is 2.72. The molecular weight excluding hydrogens is 212 g/mol. The van der Waals surface area contributed by atoms with Crippen molar-refractivity contribution in [3.8, 4) is 11.1 Å². The van der Waals surface area contributed by atoms with Gasteiger partial charge in [0.25, 0.3) is 0 Å². The summed E-state index contributed by atoms with van der Waals surface area (Å²) in [7, 11) is 0. The van der Waals surface area contributed by atoms with E-state index in [2.05, 4.69) is 4.98 Å². The first-order valence-electron chi connectivity index (χ1n) is 4.57. The topological polar surface area (TPSA) is 30.0 Å². The van der Waals surface area contributed by atoms with Gasteiger partial charge in [0.15, 0.2) is 6.29 Å². The number of benzene rings is 1. The van der Waals surface area contributed by atoms with Gasteiger partial charge in [0.1, 0.15) is 11.6 Å². The van der Waals surface area contributed by atoms with Crippen LogP contribution in [0.25, 0.3) is 11.1 Å². The van der Waals surface area contributed by atoms with Crippen molar-refractivity contribution in [3.63, 3.8) is 0 Å². The lowest BCUT2D eigenvalue weighted by Crippen LogP contribution is -1.93. The first-order valence-corrected chi connectivity index (χ1v) is 4.57. The van der Waals surface area contributed by atoms with Gasteiger partial charge in [-0.15, -0.1) is 0 Å². The van der Waals surface area contributed by atoms with Crippen LogP contribution in [0.1, 0.15) is 10.4 Å². The summed E-state index contributed by atoms with van der Waals surface area (Å²) in [5.41, 5.74) is 0.624. The molecule has 0 saturated heterocycles. The average Bonchev–Trinajstić information content (AvgIpc) is 2.28. The number of rotatable bonds is 2. The molecule has 2 aromatic rings. The number of carbonyl (C=O) groups is 1. The lowest BCUT2D eigenvalue weighted by atomic mass is 10.0. The molecule has 16 heavy (non-hydrogen) atoms. The Morgan fingerprint density at radius 2 is 2.00 bits per heavy atom. The highest BCUT2D eigenvalue weighted by molar-refractivity contribution is 5.87. The standard InChI is InChI=1S/C12H7F2NO/c13-9-4-8(5-15-6-9)10-2-1-3-12(14)11(10)7-16/h1-7H. The molecule has 0 N–H and O–H groups in total. The number of carbonyl (C=O) groups excluding carboxylic acids is 1. The summed E-state index contributed by atoms with van der Waals surface area (Å²) in [5, 5.41) is 0. The first kappa shape index (κ1) is 10.4. The Morgan fingerprint density at radius 3 is 2.69 bits per heavy atom. The molecule has 0 aliphatic rings. The van der Waals surface area contributed by atoms with E-state index in [0.717, 1.165) is 6.20 Å². The fraction of sp³-hybridized carbons (Fsp3) is 0. The molecule has 0 atom stereocenters. The second-order valence-electron chi connectivity index (χ2n) is 3.21. The van der Waals surface area contributed by atoms with E-state index in [1.54, 1.807) is 6.07 Å². The van der Waals surface area contributed by atoms with E-state index in [1.807, 2.05) is 0 Å². The van der Waals surface area contributed by atoms with E-state index in [0.29, 0.717) is 17.4 Å². The van der Waals surface area contributed by atoms with Gasteiger partial charge in [-0.3, -0.25) is 9.78 Å². The second-order valence-corrected chi connectivity index (χ2v) is 3.21. The highest BCUT2D eigenvalue weighted by Crippen LogP contribution is 2.24. The van der Waals surface area contributed by atoms with Gasteiger partial charge in [0, 0.05) is 11.8 Å². The largest absolute Gasteiger partial charge is 0.298 e. The van der Waals surface area contributed by atoms with Crippen LogP contribution < -0.4 is 0 Å². The highest BCUT2D eigenvalue weighted by atomic mass is 19.1. The van der Waals surface area contributed by atoms with Gasteiger partial charge in [0.2, 0.25) is 0 Å². The van der Waals surface area contributed by atoms with Crippen molar-refractivity contribution in [1.82, 2.24) is 4.98 Å². The molecule has 0 aliphatic carbocycles. The number of nitrogens with zero attached hydrogens (tertiary/aromatic N) is 1. The third kappa shape index (κ3) is 1.82. The van der Waals surface area contributed by atoms with Crippen LogP contribution in [-0.4, -0.2) is 11.3 Å². The molecule has 4 heteroatoms. The van der Waals surface area contributed by atoms with E-state index in [-0.39, 0.29) is 5.56 Å². The number of hydrogen-bond acceptors (Lipinski definition) is 2. The zero-order chi connectivity index (χ0) is 11.5. The van der Waals surface area contributed by atoms with Crippen molar-refractivity contribution in [3.05, 3.63) is 53.9 Å². The van der Waals surface area contributed by atoms with Gasteiger partial charge in [-0.2, -0.15) is 0 Å². The van der Waals surface area contributed by atoms with Crippen molar-refractivity contribution in [2.75, 3.05) is 0 Å². The third-order valence-electron chi connectivity index (χ3n) is 2.19. The molecule has 2 rings (SSSR count). The number of halogens is 2. The Balaban J connectivity index is 2.64. The minimum Gasteiger partial charge on any atom is -0.298 e. The molecule has 1 aromatic heterocycles. The molecule has 0 unspecified atom stereocenters. The molecule has 1 heterocycles. The van der Waals surface area contributed by atoms with Crippen molar-refractivity contribution in [1.29, 1.82) is 0 Å². The summed E-state index contributed by atoms with van der Waals surface area (Å²) in [6.45, 7) is 0. The summed E-state index contributed by atoms with van der Waals surface area (Å²) in [4.78, 5) is 14.4. The molecule has 0 bridgehead atoms. The SMILES string of the molecule is O=Cc1c(F)cccc1-c1cncc(F)c1. The molecule has 0 radical (unpaired) electrons. The predicted molar refractivity (Wildman–Crippen MR) is 55.0 cm³/mol. The molecule has 0 aliphatic heterocycles. The average molecular weight is 219 g/mol. The number of aldehydes is 1. The van der Waals surface area contributed by atoms with Crippen LogP contribution in [0.3, 0.4) is 0 Å². The summed E-state index contributed by atoms with van der Waals surface area (Å²) < 4.78 is 26.2. The van der Waals surface area contributed by atoms with Gasteiger partial charge in [-0.25, -0.2) is 8.78 Å². The lowest BCUT2D eigenvalue weighted by molar-refractivity contribution is 0.112. The van der Waals surface area contributed by atoms with Gasteiger partial charge in [-0.1, -0.05) is 12.1 Å². The van der Waals surface area contributed by atoms with Gasteiger partial charge in [0.05, 0.1) is 11.8 Å². The first-order chi connectivity index (χ1) is 7.72. The molecule has 1 aromatic carbocycles. The normalized spacial score (nSPS) is 10.1. The summed E-state index contributed by atoms with van der Waals surface area (Å²) in [6, 6.07) is 5.39. The van der Waals surface area contributed by atoms with Crippen molar-refractivity contribution in [2.24, 2.45) is 0 Å². The van der Waals surface area contributed by atoms with E-state index >= 15 is 0 Å². The minimum absolute atomic E-state index is 0.0881. The fourth-order valence-electron chi connectivity index (χ4n) is 1.47. The Morgan fingerprint density at radius 1 is 1.19 bits per heavy atom. The van der Waals surface area contributed by atoms with E-state index in [1.165, 1.54) is 24.4 Å². The van der Waals surface area contributed by atoms with Crippen LogP contribution in [0, 0.1) is 11.6 Å². The van der Waals surface area contributed by atoms with E-state index < -0.39 is 11.6 Å². The van der Waals surface area contributed by atoms with E-state index in [9.17, 15) is 13.6 Å². The number of aromatic nitrogens is 1. The highest BCUT2D eigenvalue weighted by Gasteiger charge is 2.09. The monoisotopic (exact) mass is 219 g/mol. The smallest absolute Gasteiger partial charge is 0.153 e. The number of hydrogen-bond donors (Lipinski definition) is 0. The van der Waals surface area contributed by atoms with Crippen LogP contribution in [-0.2, 0) is 0 Å². The van der Waals surface area contributed by atoms with Gasteiger partial charge in [-0.05, 0) is 17.7 Å². The number of pyridine rings is 1.